The molecule has 2 unspecified atom stereocenters. The average Bonchev–Trinajstić information content (AvgIpc) is 2.63. The lowest BCUT2D eigenvalue weighted by atomic mass is 10.0. The van der Waals surface area contributed by atoms with E-state index in [-0.39, 0.29) is 6.61 Å². The van der Waals surface area contributed by atoms with E-state index in [9.17, 15) is 13.2 Å². The van der Waals surface area contributed by atoms with Gasteiger partial charge in [-0.2, -0.15) is 13.2 Å². The van der Waals surface area contributed by atoms with E-state index >= 15 is 0 Å². The minimum absolute atomic E-state index is 0.0365. The minimum atomic E-state index is -4.23. The van der Waals surface area contributed by atoms with E-state index < -0.39 is 12.8 Å². The Morgan fingerprint density at radius 3 is 2.50 bits per heavy atom. The first kappa shape index (κ1) is 13.3. The second-order valence-electron chi connectivity index (χ2n) is 4.13. The summed E-state index contributed by atoms with van der Waals surface area (Å²) in [7, 11) is 0. The number of alkyl halides is 3. The highest BCUT2D eigenvalue weighted by Gasteiger charge is 2.27. The number of halogens is 3. The molecule has 0 spiro atoms. The van der Waals surface area contributed by atoms with Gasteiger partial charge in [0.2, 0.25) is 0 Å². The predicted octanol–water partition coefficient (Wildman–Crippen LogP) is 3.72. The maximum absolute atomic E-state index is 11.7. The van der Waals surface area contributed by atoms with E-state index in [1.807, 2.05) is 12.2 Å². The van der Waals surface area contributed by atoms with E-state index in [2.05, 4.69) is 11.3 Å². The Hall–Kier alpha value is -0.770. The number of hydrogen-bond donors (Lipinski definition) is 0. The fourth-order valence-corrected chi connectivity index (χ4v) is 1.93. The Morgan fingerprint density at radius 2 is 1.94 bits per heavy atom. The van der Waals surface area contributed by atoms with Crippen molar-refractivity contribution in [1.29, 1.82) is 0 Å². The SMILES string of the molecule is C=CC1CCC(/C=C/COCC(F)(F)F)C1. The minimum Gasteiger partial charge on any atom is -0.368 e. The summed E-state index contributed by atoms with van der Waals surface area (Å²) in [6.45, 7) is 2.61. The molecule has 0 N–H and O–H groups in total. The van der Waals surface area contributed by atoms with Gasteiger partial charge in [0.15, 0.2) is 0 Å². The van der Waals surface area contributed by atoms with E-state index in [0.717, 1.165) is 19.3 Å². The predicted molar refractivity (Wildman–Crippen MR) is 57.0 cm³/mol. The van der Waals surface area contributed by atoms with Crippen LogP contribution in [-0.4, -0.2) is 19.4 Å². The molecule has 0 aliphatic heterocycles. The highest BCUT2D eigenvalue weighted by atomic mass is 19.4. The molecular formula is C12H17F3O. The van der Waals surface area contributed by atoms with Crippen molar-refractivity contribution in [2.24, 2.45) is 11.8 Å². The number of allylic oxidation sites excluding steroid dienone is 2. The van der Waals surface area contributed by atoms with Gasteiger partial charge < -0.3 is 4.74 Å². The molecule has 1 nitrogen and oxygen atoms in total. The highest BCUT2D eigenvalue weighted by molar-refractivity contribution is 4.96. The molecule has 0 saturated heterocycles. The zero-order chi connectivity index (χ0) is 12.0. The zero-order valence-corrected chi connectivity index (χ0v) is 9.17. The van der Waals surface area contributed by atoms with Gasteiger partial charge in [-0.25, -0.2) is 0 Å². The Balaban J connectivity index is 2.11. The molecule has 2 atom stereocenters. The molecule has 0 radical (unpaired) electrons. The molecule has 0 heterocycles. The van der Waals surface area contributed by atoms with Gasteiger partial charge in [-0.3, -0.25) is 0 Å². The Morgan fingerprint density at radius 1 is 1.25 bits per heavy atom. The lowest BCUT2D eigenvalue weighted by molar-refractivity contribution is -0.171. The van der Waals surface area contributed by atoms with Crippen molar-refractivity contribution < 1.29 is 17.9 Å². The van der Waals surface area contributed by atoms with Crippen LogP contribution in [0.3, 0.4) is 0 Å². The van der Waals surface area contributed by atoms with Crippen LogP contribution in [0.15, 0.2) is 24.8 Å². The summed E-state index contributed by atoms with van der Waals surface area (Å²) in [5.74, 6) is 1.03. The summed E-state index contributed by atoms with van der Waals surface area (Å²) in [5, 5.41) is 0. The second-order valence-corrected chi connectivity index (χ2v) is 4.13. The van der Waals surface area contributed by atoms with Crippen molar-refractivity contribution >= 4 is 0 Å². The Kier molecular flexibility index (Phi) is 5.06. The van der Waals surface area contributed by atoms with Gasteiger partial charge in [-0.15, -0.1) is 6.58 Å². The third-order valence-corrected chi connectivity index (χ3v) is 2.74. The van der Waals surface area contributed by atoms with Crippen LogP contribution in [0, 0.1) is 11.8 Å². The van der Waals surface area contributed by atoms with Crippen LogP contribution in [0.5, 0.6) is 0 Å². The van der Waals surface area contributed by atoms with E-state index in [0.29, 0.717) is 11.8 Å². The largest absolute Gasteiger partial charge is 0.411 e. The van der Waals surface area contributed by atoms with E-state index in [1.54, 1.807) is 6.08 Å². The van der Waals surface area contributed by atoms with Crippen LogP contribution in [-0.2, 0) is 4.74 Å². The molecule has 0 aromatic carbocycles. The topological polar surface area (TPSA) is 9.23 Å². The van der Waals surface area contributed by atoms with Gasteiger partial charge in [-0.05, 0) is 31.1 Å². The van der Waals surface area contributed by atoms with Crippen molar-refractivity contribution in [3.05, 3.63) is 24.8 Å². The second kappa shape index (κ2) is 6.09. The first-order valence-corrected chi connectivity index (χ1v) is 5.45. The third kappa shape index (κ3) is 5.35. The molecule has 1 aliphatic rings. The van der Waals surface area contributed by atoms with Gasteiger partial charge in [0.1, 0.15) is 6.61 Å². The van der Waals surface area contributed by atoms with Gasteiger partial charge in [-0.1, -0.05) is 18.2 Å². The Labute approximate surface area is 94.0 Å². The normalized spacial score (nSPS) is 26.4. The maximum Gasteiger partial charge on any atom is 0.411 e. The van der Waals surface area contributed by atoms with Crippen LogP contribution in [0.1, 0.15) is 19.3 Å². The molecule has 0 aromatic rings. The molecule has 0 aromatic heterocycles. The van der Waals surface area contributed by atoms with Crippen LogP contribution in [0.2, 0.25) is 0 Å². The van der Waals surface area contributed by atoms with Gasteiger partial charge in [0.05, 0.1) is 6.61 Å². The van der Waals surface area contributed by atoms with Crippen LogP contribution < -0.4 is 0 Å². The standard InChI is InChI=1S/C12H17F3O/c1-2-10-5-6-11(8-10)4-3-7-16-9-12(13,14)15/h2-4,10-11H,1,5-9H2/b4-3+. The van der Waals surface area contributed by atoms with Crippen molar-refractivity contribution in [2.75, 3.05) is 13.2 Å². The summed E-state index contributed by atoms with van der Waals surface area (Å²) in [6.07, 6.45) is 4.64. The molecule has 1 rings (SSSR count). The smallest absolute Gasteiger partial charge is 0.368 e. The molecule has 1 saturated carbocycles. The maximum atomic E-state index is 11.7. The van der Waals surface area contributed by atoms with Crippen LogP contribution >= 0.6 is 0 Å². The molecular weight excluding hydrogens is 217 g/mol. The number of hydrogen-bond acceptors (Lipinski definition) is 1. The first-order chi connectivity index (χ1) is 7.51. The molecule has 1 aliphatic carbocycles. The first-order valence-electron chi connectivity index (χ1n) is 5.45. The molecule has 92 valence electrons. The lowest BCUT2D eigenvalue weighted by Crippen LogP contribution is -2.16. The fourth-order valence-electron chi connectivity index (χ4n) is 1.93. The Bertz CT molecular complexity index is 245. The quantitative estimate of drug-likeness (QED) is 0.520. The summed E-state index contributed by atoms with van der Waals surface area (Å²) in [5.41, 5.74) is 0. The monoisotopic (exact) mass is 234 g/mol. The fraction of sp³-hybridized carbons (Fsp3) is 0.667. The van der Waals surface area contributed by atoms with Crippen molar-refractivity contribution in [1.82, 2.24) is 0 Å². The molecule has 0 amide bonds. The lowest BCUT2D eigenvalue weighted by Gasteiger charge is -2.06. The van der Waals surface area contributed by atoms with Crippen molar-refractivity contribution in [3.63, 3.8) is 0 Å². The summed E-state index contributed by atoms with van der Waals surface area (Å²) in [4.78, 5) is 0. The number of ether oxygens (including phenoxy) is 1. The highest BCUT2D eigenvalue weighted by Crippen LogP contribution is 2.32. The number of rotatable bonds is 5. The van der Waals surface area contributed by atoms with Crippen LogP contribution in [0.25, 0.3) is 0 Å². The van der Waals surface area contributed by atoms with E-state index in [4.69, 9.17) is 0 Å². The van der Waals surface area contributed by atoms with Crippen molar-refractivity contribution in [3.8, 4) is 0 Å². The summed E-state index contributed by atoms with van der Waals surface area (Å²) >= 11 is 0. The zero-order valence-electron chi connectivity index (χ0n) is 9.17. The van der Waals surface area contributed by atoms with Crippen molar-refractivity contribution in [2.45, 2.75) is 25.4 Å². The molecule has 0 bridgehead atoms. The third-order valence-electron chi connectivity index (χ3n) is 2.74. The molecule has 1 fully saturated rings. The van der Waals surface area contributed by atoms with E-state index in [1.165, 1.54) is 0 Å². The molecule has 16 heavy (non-hydrogen) atoms. The summed E-state index contributed by atoms with van der Waals surface area (Å²) < 4.78 is 39.6. The van der Waals surface area contributed by atoms with Crippen LogP contribution in [0.4, 0.5) is 13.2 Å². The van der Waals surface area contributed by atoms with Gasteiger partial charge >= 0.3 is 6.18 Å². The van der Waals surface area contributed by atoms with Gasteiger partial charge in [0, 0.05) is 0 Å². The summed E-state index contributed by atoms with van der Waals surface area (Å²) in [6, 6.07) is 0. The van der Waals surface area contributed by atoms with Gasteiger partial charge in [0.25, 0.3) is 0 Å². The molecule has 4 heteroatoms. The average molecular weight is 234 g/mol.